The van der Waals surface area contributed by atoms with E-state index in [1.54, 1.807) is 0 Å². The van der Waals surface area contributed by atoms with E-state index in [-0.39, 0.29) is 17.3 Å². The summed E-state index contributed by atoms with van der Waals surface area (Å²) >= 11 is 3.60. The van der Waals surface area contributed by atoms with Gasteiger partial charge in [-0.2, -0.15) is 13.2 Å². The van der Waals surface area contributed by atoms with Crippen molar-refractivity contribution in [3.05, 3.63) is 29.6 Å². The topological polar surface area (TPSA) is 9.23 Å². The Labute approximate surface area is 129 Å². The molecule has 1 aliphatic carbocycles. The molecule has 0 amide bonds. The number of hydrogen-bond donors (Lipinski definition) is 0. The molecule has 0 heterocycles. The molecule has 1 saturated carbocycles. The predicted molar refractivity (Wildman–Crippen MR) is 76.2 cm³/mol. The molecule has 6 heteroatoms. The Bertz CT molecular complexity index is 511. The Balaban J connectivity index is 2.22. The first kappa shape index (κ1) is 16.6. The second-order valence-corrected chi connectivity index (χ2v) is 6.49. The second-order valence-electron chi connectivity index (χ2n) is 5.39. The zero-order valence-electron chi connectivity index (χ0n) is 11.8. The van der Waals surface area contributed by atoms with Crippen LogP contribution >= 0.6 is 15.9 Å². The van der Waals surface area contributed by atoms with Crippen LogP contribution in [0.3, 0.4) is 0 Å². The van der Waals surface area contributed by atoms with E-state index >= 15 is 0 Å². The number of benzene rings is 1. The van der Waals surface area contributed by atoms with E-state index in [9.17, 15) is 17.6 Å². The van der Waals surface area contributed by atoms with Crippen LogP contribution in [0.1, 0.15) is 38.7 Å². The van der Waals surface area contributed by atoms with Gasteiger partial charge in [-0.05, 0) is 37.5 Å². The third-order valence-corrected chi connectivity index (χ3v) is 5.81. The highest BCUT2D eigenvalue weighted by atomic mass is 79.9. The minimum absolute atomic E-state index is 0.0689. The normalized spacial score (nSPS) is 24.5. The first-order valence-electron chi connectivity index (χ1n) is 6.92. The molecule has 118 valence electrons. The van der Waals surface area contributed by atoms with E-state index in [1.165, 1.54) is 6.07 Å². The molecule has 21 heavy (non-hydrogen) atoms. The van der Waals surface area contributed by atoms with E-state index in [0.29, 0.717) is 4.83 Å². The van der Waals surface area contributed by atoms with Crippen molar-refractivity contribution in [3.63, 3.8) is 0 Å². The van der Waals surface area contributed by atoms with E-state index in [1.807, 2.05) is 13.8 Å². The van der Waals surface area contributed by atoms with Crippen LogP contribution in [-0.2, 0) is 6.18 Å². The smallest absolute Gasteiger partial charge is 0.419 e. The van der Waals surface area contributed by atoms with Crippen LogP contribution < -0.4 is 4.74 Å². The first-order chi connectivity index (χ1) is 9.74. The highest BCUT2D eigenvalue weighted by molar-refractivity contribution is 9.09. The number of rotatable bonds is 4. The van der Waals surface area contributed by atoms with Crippen molar-refractivity contribution in [1.82, 2.24) is 0 Å². The largest absolute Gasteiger partial charge is 0.490 e. The number of alkyl halides is 4. The molecular formula is C15H17BrF4O. The molecule has 0 aromatic heterocycles. The van der Waals surface area contributed by atoms with Gasteiger partial charge in [0.2, 0.25) is 0 Å². The lowest BCUT2D eigenvalue weighted by Crippen LogP contribution is -2.56. The van der Waals surface area contributed by atoms with Gasteiger partial charge in [0, 0.05) is 10.2 Å². The third kappa shape index (κ3) is 2.91. The summed E-state index contributed by atoms with van der Waals surface area (Å²) in [6.07, 6.45) is -2.38. The minimum atomic E-state index is -4.71. The lowest BCUT2D eigenvalue weighted by atomic mass is 9.62. The van der Waals surface area contributed by atoms with Crippen molar-refractivity contribution in [1.29, 1.82) is 0 Å². The fourth-order valence-corrected chi connectivity index (χ4v) is 4.25. The maximum atomic E-state index is 13.3. The molecule has 1 nitrogen and oxygen atoms in total. The van der Waals surface area contributed by atoms with Crippen molar-refractivity contribution in [2.45, 2.75) is 50.2 Å². The molecule has 0 radical (unpaired) electrons. The summed E-state index contributed by atoms with van der Waals surface area (Å²) in [5, 5.41) is 0. The van der Waals surface area contributed by atoms with Gasteiger partial charge in [-0.25, -0.2) is 4.39 Å². The summed E-state index contributed by atoms with van der Waals surface area (Å²) in [5.41, 5.74) is -1.36. The van der Waals surface area contributed by atoms with E-state index in [4.69, 9.17) is 4.74 Å². The standard InChI is InChI=1S/C15H17BrF4O/c1-3-14(4-2)12(16)8-13(14)21-9-5-6-11(17)10(7-9)15(18,19)20/h5-7,12-13H,3-4,8H2,1-2H3. The fourth-order valence-electron chi connectivity index (χ4n) is 2.97. The number of halogens is 5. The summed E-state index contributed by atoms with van der Waals surface area (Å²) in [5.74, 6) is -1.21. The summed E-state index contributed by atoms with van der Waals surface area (Å²) < 4.78 is 57.1. The van der Waals surface area contributed by atoms with Gasteiger partial charge in [0.1, 0.15) is 17.7 Å². The maximum absolute atomic E-state index is 13.3. The summed E-state index contributed by atoms with van der Waals surface area (Å²) in [6, 6.07) is 2.80. The van der Waals surface area contributed by atoms with Crippen molar-refractivity contribution < 1.29 is 22.3 Å². The lowest BCUT2D eigenvalue weighted by Gasteiger charge is -2.52. The van der Waals surface area contributed by atoms with Crippen molar-refractivity contribution >= 4 is 15.9 Å². The van der Waals surface area contributed by atoms with E-state index in [2.05, 4.69) is 15.9 Å². The molecule has 0 N–H and O–H groups in total. The van der Waals surface area contributed by atoms with Gasteiger partial charge < -0.3 is 4.74 Å². The zero-order chi connectivity index (χ0) is 15.8. The van der Waals surface area contributed by atoms with Gasteiger partial charge >= 0.3 is 6.18 Å². The van der Waals surface area contributed by atoms with Crippen LogP contribution in [0.2, 0.25) is 0 Å². The van der Waals surface area contributed by atoms with Crippen LogP contribution in [0.5, 0.6) is 5.75 Å². The van der Waals surface area contributed by atoms with Crippen LogP contribution in [0, 0.1) is 11.2 Å². The van der Waals surface area contributed by atoms with Gasteiger partial charge in [-0.3, -0.25) is 0 Å². The predicted octanol–water partition coefficient (Wildman–Crippen LogP) is 5.57. The minimum Gasteiger partial charge on any atom is -0.490 e. The Hall–Kier alpha value is -0.780. The van der Waals surface area contributed by atoms with Crippen LogP contribution in [0.4, 0.5) is 17.6 Å². The van der Waals surface area contributed by atoms with Gasteiger partial charge in [-0.15, -0.1) is 0 Å². The Morgan fingerprint density at radius 1 is 1.29 bits per heavy atom. The van der Waals surface area contributed by atoms with Crippen LogP contribution in [0.25, 0.3) is 0 Å². The fraction of sp³-hybridized carbons (Fsp3) is 0.600. The maximum Gasteiger partial charge on any atom is 0.419 e. The van der Waals surface area contributed by atoms with Gasteiger partial charge in [-0.1, -0.05) is 29.8 Å². The van der Waals surface area contributed by atoms with E-state index in [0.717, 1.165) is 31.4 Å². The molecule has 1 aromatic rings. The molecule has 0 spiro atoms. The molecule has 2 unspecified atom stereocenters. The molecular weight excluding hydrogens is 352 g/mol. The highest BCUT2D eigenvalue weighted by Crippen LogP contribution is 2.52. The van der Waals surface area contributed by atoms with Crippen molar-refractivity contribution in [2.75, 3.05) is 0 Å². The monoisotopic (exact) mass is 368 g/mol. The Kier molecular flexibility index (Phi) is 4.57. The lowest BCUT2D eigenvalue weighted by molar-refractivity contribution is -0.140. The van der Waals surface area contributed by atoms with E-state index < -0.39 is 17.6 Å². The number of hydrogen-bond acceptors (Lipinski definition) is 1. The third-order valence-electron chi connectivity index (χ3n) is 4.52. The van der Waals surface area contributed by atoms with Crippen LogP contribution in [0.15, 0.2) is 18.2 Å². The second kappa shape index (κ2) is 5.78. The molecule has 0 saturated heterocycles. The quantitative estimate of drug-likeness (QED) is 0.498. The molecule has 0 aliphatic heterocycles. The Morgan fingerprint density at radius 3 is 2.38 bits per heavy atom. The molecule has 1 fully saturated rings. The number of ether oxygens (including phenoxy) is 1. The molecule has 0 bridgehead atoms. The molecule has 2 rings (SSSR count). The summed E-state index contributed by atoms with van der Waals surface area (Å²) in [7, 11) is 0. The molecule has 1 aromatic carbocycles. The molecule has 1 aliphatic rings. The average molecular weight is 369 g/mol. The SMILES string of the molecule is CCC1(CC)C(Br)CC1Oc1ccc(F)c(C(F)(F)F)c1. The summed E-state index contributed by atoms with van der Waals surface area (Å²) in [4.78, 5) is 0.299. The average Bonchev–Trinajstić information content (AvgIpc) is 2.40. The first-order valence-corrected chi connectivity index (χ1v) is 7.83. The Morgan fingerprint density at radius 2 is 1.90 bits per heavy atom. The van der Waals surface area contributed by atoms with Gasteiger partial charge in [0.05, 0.1) is 5.56 Å². The van der Waals surface area contributed by atoms with Crippen molar-refractivity contribution in [2.24, 2.45) is 5.41 Å². The van der Waals surface area contributed by atoms with Crippen LogP contribution in [-0.4, -0.2) is 10.9 Å². The molecule has 2 atom stereocenters. The van der Waals surface area contributed by atoms with Gasteiger partial charge in [0.25, 0.3) is 0 Å². The highest BCUT2D eigenvalue weighted by Gasteiger charge is 2.53. The van der Waals surface area contributed by atoms with Crippen molar-refractivity contribution in [3.8, 4) is 5.75 Å². The zero-order valence-corrected chi connectivity index (χ0v) is 13.4. The summed E-state index contributed by atoms with van der Waals surface area (Å²) in [6.45, 7) is 4.08. The van der Waals surface area contributed by atoms with Gasteiger partial charge in [0.15, 0.2) is 0 Å².